The highest BCUT2D eigenvalue weighted by atomic mass is 16.5. The molecule has 71 heavy (non-hydrogen) atoms. The van der Waals surface area contributed by atoms with Gasteiger partial charge in [0.25, 0.3) is 0 Å². The lowest BCUT2D eigenvalue weighted by molar-refractivity contribution is -0.139. The zero-order chi connectivity index (χ0) is 48.5. The minimum absolute atomic E-state index is 0.00308. The maximum absolute atomic E-state index is 15.5. The molecule has 6 aromatic carbocycles. The van der Waals surface area contributed by atoms with Gasteiger partial charge < -0.3 is 25.4 Å². The van der Waals surface area contributed by atoms with Crippen LogP contribution in [0.4, 0.5) is 5.69 Å². The molecule has 0 aromatic heterocycles. The number of amides is 3. The molecule has 3 N–H and O–H groups in total. The van der Waals surface area contributed by atoms with E-state index in [1.54, 1.807) is 0 Å². The van der Waals surface area contributed by atoms with Crippen LogP contribution < -0.4 is 16.0 Å². The zero-order valence-corrected chi connectivity index (χ0v) is 39.8. The van der Waals surface area contributed by atoms with Crippen LogP contribution in [0.1, 0.15) is 116 Å². The fourth-order valence-electron chi connectivity index (χ4n) is 13.5. The summed E-state index contributed by atoms with van der Waals surface area (Å²) >= 11 is 0. The number of ether oxygens (including phenoxy) is 2. The Kier molecular flexibility index (Phi) is 12.9. The molecule has 0 spiro atoms. The van der Waals surface area contributed by atoms with Crippen LogP contribution in [0.2, 0.25) is 0 Å². The van der Waals surface area contributed by atoms with Crippen molar-refractivity contribution in [1.29, 1.82) is 0 Å². The van der Waals surface area contributed by atoms with Gasteiger partial charge in [-0.25, -0.2) is 9.59 Å². The molecule has 0 saturated heterocycles. The first-order valence-corrected chi connectivity index (χ1v) is 25.3. The Labute approximate surface area is 414 Å². The summed E-state index contributed by atoms with van der Waals surface area (Å²) in [6.07, 6.45) is 8.06. The summed E-state index contributed by atoms with van der Waals surface area (Å²) in [6, 6.07) is 47.9. The van der Waals surface area contributed by atoms with E-state index in [-0.39, 0.29) is 59.6 Å². The van der Waals surface area contributed by atoms with Gasteiger partial charge >= 0.3 is 11.9 Å². The lowest BCUT2D eigenvalue weighted by Crippen LogP contribution is -2.57. The summed E-state index contributed by atoms with van der Waals surface area (Å²) in [5, 5.41) is 9.64. The number of carbonyl (C=O) groups is 5. The molecule has 360 valence electrons. The monoisotopic (exact) mass is 945 g/mol. The van der Waals surface area contributed by atoms with Gasteiger partial charge in [-0.05, 0) is 132 Å². The molecule has 0 heterocycles. The molecule has 3 atom stereocenters. The molecule has 13 rings (SSSR count). The number of fused-ring (bicyclic) bond motifs is 1. The van der Waals surface area contributed by atoms with Gasteiger partial charge in [0, 0.05) is 24.1 Å². The number of aryl methyl sites for hydroxylation is 1. The summed E-state index contributed by atoms with van der Waals surface area (Å²) in [6.45, 7) is 0.609. The summed E-state index contributed by atoms with van der Waals surface area (Å²) in [7, 11) is 0. The third-order valence-corrected chi connectivity index (χ3v) is 16.1. The number of esters is 2. The third-order valence-electron chi connectivity index (χ3n) is 16.1. The number of hydrogen-bond acceptors (Lipinski definition) is 7. The highest BCUT2D eigenvalue weighted by Crippen LogP contribution is 2.61. The molecule has 7 aliphatic rings. The van der Waals surface area contributed by atoms with E-state index in [0.717, 1.165) is 76.0 Å². The predicted octanol–water partition coefficient (Wildman–Crippen LogP) is 10.3. The third kappa shape index (κ3) is 9.64. The standard InChI is InChI=1S/C61H59N3O7/c65-56(63-46-30-44(59(68)70-35-39-16-6-2-7-17-39)29-45(31-46)60(69)71-36-40-18-8-3-9-19-40)51(25-24-38-14-4-1-5-15-38)64-58(67)55-53-49-22-12-10-20-47(49)52(48-21-11-13-23-50(48)53)54(55)57(66)62-37-61-32-41-26-42(33-61)28-43(27-41)34-61/h1-23,29-31,41-43,51-55H,24-28,32-37H2,(H,62,66)(H,63,65)(H,64,67)/t41?,42?,43?,51-,52?,53?,54?,55?,61?/m0/s1. The van der Waals surface area contributed by atoms with Gasteiger partial charge in [-0.1, -0.05) is 140 Å². The second-order valence-electron chi connectivity index (χ2n) is 20.9. The molecule has 4 fully saturated rings. The fraction of sp³-hybridized carbons (Fsp3) is 0.328. The van der Waals surface area contributed by atoms with Crippen LogP contribution in [0.25, 0.3) is 0 Å². The van der Waals surface area contributed by atoms with Crippen LogP contribution in [0.5, 0.6) is 0 Å². The first-order chi connectivity index (χ1) is 34.7. The highest BCUT2D eigenvalue weighted by molar-refractivity contribution is 6.02. The summed E-state index contributed by atoms with van der Waals surface area (Å²) < 4.78 is 11.4. The van der Waals surface area contributed by atoms with Crippen molar-refractivity contribution in [1.82, 2.24) is 10.6 Å². The van der Waals surface area contributed by atoms with Crippen molar-refractivity contribution in [3.05, 3.63) is 208 Å². The SMILES string of the molecule is O=C(OCc1ccccc1)c1cc(NC(=O)[C@H](CCc2ccccc2)NC(=O)C2C3c4ccccc4C(c4ccccc43)C2C(=O)NCC23CC4CC(CC(C4)C2)C3)cc(C(=O)OCc2ccccc2)c1. The molecule has 4 saturated carbocycles. The molecule has 7 aliphatic carbocycles. The second kappa shape index (κ2) is 19.8. The maximum atomic E-state index is 15.5. The first-order valence-electron chi connectivity index (χ1n) is 25.3. The number of anilines is 1. The average Bonchev–Trinajstić information content (AvgIpc) is 3.40. The van der Waals surface area contributed by atoms with Gasteiger partial charge in [0.15, 0.2) is 0 Å². The number of nitrogens with one attached hydrogen (secondary N) is 3. The molecule has 6 aromatic rings. The van der Waals surface area contributed by atoms with Crippen molar-refractivity contribution in [2.24, 2.45) is 35.0 Å². The van der Waals surface area contributed by atoms with E-state index in [0.29, 0.717) is 13.0 Å². The van der Waals surface area contributed by atoms with Crippen LogP contribution in [0.15, 0.2) is 158 Å². The molecule has 3 amide bonds. The van der Waals surface area contributed by atoms with E-state index in [2.05, 4.69) is 40.2 Å². The minimum atomic E-state index is -1.08. The van der Waals surface area contributed by atoms with Crippen LogP contribution in [0, 0.1) is 35.0 Å². The predicted molar refractivity (Wildman–Crippen MR) is 270 cm³/mol. The van der Waals surface area contributed by atoms with E-state index >= 15 is 9.59 Å². The summed E-state index contributed by atoms with van der Waals surface area (Å²) in [5.74, 6) is -2.57. The van der Waals surface area contributed by atoms with Crippen molar-refractivity contribution in [3.8, 4) is 0 Å². The molecule has 6 bridgehead atoms. The Morgan fingerprint density at radius 1 is 0.521 bits per heavy atom. The van der Waals surface area contributed by atoms with Gasteiger partial charge in [-0.3, -0.25) is 14.4 Å². The smallest absolute Gasteiger partial charge is 0.338 e. The fourth-order valence-corrected chi connectivity index (χ4v) is 13.5. The average molecular weight is 946 g/mol. The molecule has 10 heteroatoms. The summed E-state index contributed by atoms with van der Waals surface area (Å²) in [4.78, 5) is 72.9. The topological polar surface area (TPSA) is 140 Å². The van der Waals surface area contributed by atoms with Crippen molar-refractivity contribution in [2.45, 2.75) is 82.5 Å². The van der Waals surface area contributed by atoms with E-state index in [9.17, 15) is 14.4 Å². The Hall–Kier alpha value is -7.33. The number of hydrogen-bond donors (Lipinski definition) is 3. The largest absolute Gasteiger partial charge is 0.457 e. The van der Waals surface area contributed by atoms with E-state index < -0.39 is 41.6 Å². The quantitative estimate of drug-likeness (QED) is 0.0821. The Morgan fingerprint density at radius 3 is 1.41 bits per heavy atom. The normalized spacial score (nSPS) is 24.4. The van der Waals surface area contributed by atoms with E-state index in [1.165, 1.54) is 37.5 Å². The van der Waals surface area contributed by atoms with Crippen molar-refractivity contribution >= 4 is 35.3 Å². The lowest BCUT2D eigenvalue weighted by Gasteiger charge is -2.57. The molecule has 0 radical (unpaired) electrons. The minimum Gasteiger partial charge on any atom is -0.457 e. The van der Waals surface area contributed by atoms with Crippen LogP contribution in [-0.4, -0.2) is 42.2 Å². The molecule has 0 aliphatic heterocycles. The van der Waals surface area contributed by atoms with Crippen molar-refractivity contribution < 1.29 is 33.4 Å². The van der Waals surface area contributed by atoms with Gasteiger partial charge in [0.2, 0.25) is 17.7 Å². The Morgan fingerprint density at radius 2 is 0.944 bits per heavy atom. The van der Waals surface area contributed by atoms with Crippen molar-refractivity contribution in [3.63, 3.8) is 0 Å². The molecule has 10 nitrogen and oxygen atoms in total. The maximum Gasteiger partial charge on any atom is 0.338 e. The van der Waals surface area contributed by atoms with E-state index in [1.807, 2.05) is 115 Å². The molecular formula is C61H59N3O7. The Balaban J connectivity index is 0.897. The van der Waals surface area contributed by atoms with Crippen molar-refractivity contribution in [2.75, 3.05) is 11.9 Å². The van der Waals surface area contributed by atoms with Gasteiger partial charge in [0.1, 0.15) is 19.3 Å². The first kappa shape index (κ1) is 46.1. The van der Waals surface area contributed by atoms with E-state index in [4.69, 9.17) is 9.47 Å². The molecular weight excluding hydrogens is 887 g/mol. The van der Waals surface area contributed by atoms with Crippen LogP contribution in [-0.2, 0) is 43.5 Å². The van der Waals surface area contributed by atoms with Crippen LogP contribution >= 0.6 is 0 Å². The lowest BCUT2D eigenvalue weighted by atomic mass is 9.49. The van der Waals surface area contributed by atoms with Gasteiger partial charge in [-0.15, -0.1) is 0 Å². The number of benzene rings is 6. The molecule has 2 unspecified atom stereocenters. The summed E-state index contributed by atoms with van der Waals surface area (Å²) in [5.41, 5.74) is 7.04. The Bertz CT molecular complexity index is 2800. The van der Waals surface area contributed by atoms with Crippen LogP contribution in [0.3, 0.4) is 0 Å². The zero-order valence-electron chi connectivity index (χ0n) is 39.8. The number of rotatable bonds is 16. The second-order valence-corrected chi connectivity index (χ2v) is 20.9. The highest BCUT2D eigenvalue weighted by Gasteiger charge is 2.56. The van der Waals surface area contributed by atoms with Gasteiger partial charge in [0.05, 0.1) is 23.0 Å². The van der Waals surface area contributed by atoms with Gasteiger partial charge in [-0.2, -0.15) is 0 Å². The number of carbonyl (C=O) groups excluding carboxylic acids is 5.